The van der Waals surface area contributed by atoms with E-state index in [-0.39, 0.29) is 0 Å². The molecule has 0 N–H and O–H groups in total. The van der Waals surface area contributed by atoms with Gasteiger partial charge in [0, 0.05) is 0 Å². The van der Waals surface area contributed by atoms with Crippen LogP contribution in [0.25, 0.3) is 0 Å². The second-order valence-corrected chi connectivity index (χ2v) is 2.82. The normalized spacial score (nSPS) is 25.0. The van der Waals surface area contributed by atoms with Crippen LogP contribution in [0.2, 0.25) is 0 Å². The summed E-state index contributed by atoms with van der Waals surface area (Å²) in [4.78, 5) is 0. The Morgan fingerprint density at radius 1 is 0.714 bits per heavy atom. The lowest BCUT2D eigenvalue weighted by molar-refractivity contribution is 0.574. The molecule has 0 aromatic carbocycles. The summed E-state index contributed by atoms with van der Waals surface area (Å²) in [6.07, 6.45) is 12.6. The van der Waals surface area contributed by atoms with Gasteiger partial charge in [-0.2, -0.15) is 0 Å². The Hall–Kier alpha value is -1.78. The van der Waals surface area contributed by atoms with Gasteiger partial charge in [-0.3, -0.25) is 0 Å². The van der Waals surface area contributed by atoms with E-state index in [9.17, 15) is 10.4 Å². The molecule has 4 heteroatoms. The maximum absolute atomic E-state index is 11.3. The number of nitrogens with zero attached hydrogens (tertiary/aromatic N) is 2. The highest BCUT2D eigenvalue weighted by Crippen LogP contribution is 2.21. The standard InChI is InChI=1S/C10H8N2O2/c13-11-7-3-1-5-9(11)10-6-2-4-8-12(10)14/h1-8H/q-2/b10-9-. The average Bonchev–Trinajstić information content (AvgIpc) is 2.20. The molecule has 14 heavy (non-hydrogen) atoms. The van der Waals surface area contributed by atoms with Crippen LogP contribution >= 0.6 is 0 Å². The Labute approximate surface area is 81.6 Å². The van der Waals surface area contributed by atoms with Crippen molar-refractivity contribution in [1.82, 2.24) is 10.1 Å². The fourth-order valence-corrected chi connectivity index (χ4v) is 1.25. The van der Waals surface area contributed by atoms with Gasteiger partial charge in [-0.25, -0.2) is 0 Å². The predicted octanol–water partition coefficient (Wildman–Crippen LogP) is 1.96. The van der Waals surface area contributed by atoms with E-state index >= 15 is 0 Å². The minimum atomic E-state index is 0.350. The van der Waals surface area contributed by atoms with Gasteiger partial charge < -0.3 is 20.5 Å². The maximum atomic E-state index is 11.3. The summed E-state index contributed by atoms with van der Waals surface area (Å²) in [5.41, 5.74) is 0.700. The number of allylic oxidation sites excluding steroid dienone is 6. The van der Waals surface area contributed by atoms with Crippen LogP contribution in [-0.2, 0) is 0 Å². The minimum absolute atomic E-state index is 0.350. The molecule has 0 atom stereocenters. The second kappa shape index (κ2) is 3.53. The first-order valence-corrected chi connectivity index (χ1v) is 4.16. The van der Waals surface area contributed by atoms with Crippen LogP contribution in [0.1, 0.15) is 0 Å². The molecule has 2 aliphatic rings. The summed E-state index contributed by atoms with van der Waals surface area (Å²) in [5, 5.41) is 24.0. The number of hydrogen-bond donors (Lipinski definition) is 0. The Morgan fingerprint density at radius 2 is 1.14 bits per heavy atom. The molecule has 72 valence electrons. The van der Waals surface area contributed by atoms with Crippen LogP contribution in [-0.4, -0.2) is 10.1 Å². The molecular weight excluding hydrogens is 180 g/mol. The van der Waals surface area contributed by atoms with Gasteiger partial charge in [0.1, 0.15) is 0 Å². The molecule has 2 rings (SSSR count). The molecule has 0 saturated heterocycles. The van der Waals surface area contributed by atoms with Crippen molar-refractivity contribution < 1.29 is 0 Å². The van der Waals surface area contributed by atoms with Crippen LogP contribution < -0.4 is 0 Å². The quantitative estimate of drug-likeness (QED) is 0.583. The topological polar surface area (TPSA) is 52.6 Å². The molecule has 2 aliphatic heterocycles. The fourth-order valence-electron chi connectivity index (χ4n) is 1.25. The third kappa shape index (κ3) is 1.48. The summed E-state index contributed by atoms with van der Waals surface area (Å²) in [6.45, 7) is 0. The van der Waals surface area contributed by atoms with Crippen LogP contribution in [0.4, 0.5) is 0 Å². The molecule has 2 heterocycles. The van der Waals surface area contributed by atoms with E-state index in [2.05, 4.69) is 0 Å². The Bertz CT molecular complexity index is 342. The summed E-state index contributed by atoms with van der Waals surface area (Å²) >= 11 is 0. The first-order valence-electron chi connectivity index (χ1n) is 4.16. The molecule has 0 aromatic rings. The molecule has 0 bridgehead atoms. The van der Waals surface area contributed by atoms with Gasteiger partial charge in [0.2, 0.25) is 0 Å². The van der Waals surface area contributed by atoms with Crippen molar-refractivity contribution in [3.05, 3.63) is 70.7 Å². The summed E-state index contributed by atoms with van der Waals surface area (Å²) in [7, 11) is 0. The molecular formula is C10H8N2O2-2. The first-order chi connectivity index (χ1) is 6.79. The smallest absolute Gasteiger partial charge is 0.0532 e. The Morgan fingerprint density at radius 3 is 1.50 bits per heavy atom. The van der Waals surface area contributed by atoms with E-state index in [1.165, 1.54) is 12.4 Å². The van der Waals surface area contributed by atoms with Crippen LogP contribution in [0, 0.1) is 10.4 Å². The van der Waals surface area contributed by atoms with Gasteiger partial charge in [-0.1, -0.05) is 12.2 Å². The molecule has 0 spiro atoms. The zero-order chi connectivity index (χ0) is 9.97. The lowest BCUT2D eigenvalue weighted by atomic mass is 10.2. The van der Waals surface area contributed by atoms with Gasteiger partial charge in [0.15, 0.2) is 0 Å². The van der Waals surface area contributed by atoms with Crippen molar-refractivity contribution >= 4 is 0 Å². The van der Waals surface area contributed by atoms with E-state index in [4.69, 9.17) is 0 Å². The molecule has 0 radical (unpaired) electrons. The van der Waals surface area contributed by atoms with Gasteiger partial charge >= 0.3 is 0 Å². The zero-order valence-corrected chi connectivity index (χ0v) is 7.33. The molecule has 0 aromatic heterocycles. The molecule has 0 unspecified atom stereocenters. The molecule has 4 nitrogen and oxygen atoms in total. The minimum Gasteiger partial charge on any atom is -0.754 e. The average molecular weight is 188 g/mol. The van der Waals surface area contributed by atoms with Gasteiger partial charge in [-0.15, -0.1) is 0 Å². The van der Waals surface area contributed by atoms with Gasteiger partial charge in [-0.05, 0) is 36.7 Å². The predicted molar refractivity (Wildman–Crippen MR) is 54.0 cm³/mol. The van der Waals surface area contributed by atoms with Crippen molar-refractivity contribution in [3.63, 3.8) is 0 Å². The van der Waals surface area contributed by atoms with Gasteiger partial charge in [0.25, 0.3) is 0 Å². The lowest BCUT2D eigenvalue weighted by Gasteiger charge is -2.37. The molecule has 0 saturated carbocycles. The number of hydrogen-bond acceptors (Lipinski definition) is 4. The molecule has 0 aliphatic carbocycles. The van der Waals surface area contributed by atoms with E-state index in [1.807, 2.05) is 0 Å². The van der Waals surface area contributed by atoms with Crippen molar-refractivity contribution in [3.8, 4) is 0 Å². The van der Waals surface area contributed by atoms with E-state index in [0.717, 1.165) is 0 Å². The van der Waals surface area contributed by atoms with E-state index in [1.54, 1.807) is 36.5 Å². The Kier molecular flexibility index (Phi) is 2.22. The summed E-state index contributed by atoms with van der Waals surface area (Å²) in [6, 6.07) is 0. The molecule has 0 fully saturated rings. The van der Waals surface area contributed by atoms with Crippen molar-refractivity contribution in [2.75, 3.05) is 0 Å². The zero-order valence-electron chi connectivity index (χ0n) is 7.33. The van der Waals surface area contributed by atoms with Crippen molar-refractivity contribution in [2.45, 2.75) is 0 Å². The largest absolute Gasteiger partial charge is 0.754 e. The van der Waals surface area contributed by atoms with E-state index in [0.29, 0.717) is 21.5 Å². The van der Waals surface area contributed by atoms with Crippen molar-refractivity contribution in [1.29, 1.82) is 0 Å². The van der Waals surface area contributed by atoms with E-state index < -0.39 is 0 Å². The summed E-state index contributed by atoms with van der Waals surface area (Å²) < 4.78 is 0. The molecule has 0 amide bonds. The van der Waals surface area contributed by atoms with Crippen LogP contribution in [0.15, 0.2) is 60.3 Å². The SMILES string of the molecule is [O-]N1C=CC=C/C1=C1\C=CC=CN1[O-]. The fraction of sp³-hybridized carbons (Fsp3) is 0. The number of hydroxylamine groups is 4. The monoisotopic (exact) mass is 188 g/mol. The van der Waals surface area contributed by atoms with Crippen LogP contribution in [0.5, 0.6) is 0 Å². The van der Waals surface area contributed by atoms with Crippen LogP contribution in [0.3, 0.4) is 0 Å². The highest BCUT2D eigenvalue weighted by atomic mass is 16.5. The maximum Gasteiger partial charge on any atom is 0.0532 e. The summed E-state index contributed by atoms with van der Waals surface area (Å²) in [5.74, 6) is 0. The number of rotatable bonds is 0. The second-order valence-electron chi connectivity index (χ2n) is 2.82. The highest BCUT2D eigenvalue weighted by molar-refractivity contribution is 5.40. The highest BCUT2D eigenvalue weighted by Gasteiger charge is 2.05. The third-order valence-corrected chi connectivity index (χ3v) is 1.91. The van der Waals surface area contributed by atoms with Crippen molar-refractivity contribution in [2.24, 2.45) is 0 Å². The lowest BCUT2D eigenvalue weighted by Crippen LogP contribution is -2.18. The third-order valence-electron chi connectivity index (χ3n) is 1.91. The first kappa shape index (κ1) is 8.80. The Balaban J connectivity index is 2.39. The van der Waals surface area contributed by atoms with Gasteiger partial charge in [0.05, 0.1) is 11.4 Å².